The average molecular weight is 347 g/mol. The van der Waals surface area contributed by atoms with Gasteiger partial charge in [0.1, 0.15) is 0 Å². The Morgan fingerprint density at radius 3 is 2.40 bits per heavy atom. The van der Waals surface area contributed by atoms with Crippen molar-refractivity contribution in [3.8, 4) is 11.5 Å². The van der Waals surface area contributed by atoms with Gasteiger partial charge in [-0.3, -0.25) is 4.79 Å². The Hall–Kier alpha value is -3.16. The summed E-state index contributed by atoms with van der Waals surface area (Å²) in [6.45, 7) is 1.65. The van der Waals surface area contributed by atoms with Crippen LogP contribution in [0.4, 0.5) is 18.9 Å². The zero-order chi connectivity index (χ0) is 18.0. The van der Waals surface area contributed by atoms with E-state index in [1.54, 1.807) is 31.2 Å². The molecule has 1 amide bonds. The van der Waals surface area contributed by atoms with Crippen LogP contribution in [0.3, 0.4) is 0 Å². The Bertz CT molecular complexity index is 902. The van der Waals surface area contributed by atoms with E-state index in [2.05, 4.69) is 15.5 Å². The lowest BCUT2D eigenvalue weighted by Crippen LogP contribution is -2.12. The Morgan fingerprint density at radius 2 is 1.80 bits per heavy atom. The van der Waals surface area contributed by atoms with Crippen molar-refractivity contribution >= 4 is 11.6 Å². The largest absolute Gasteiger partial charge is 0.421 e. The first-order valence-corrected chi connectivity index (χ1v) is 7.22. The van der Waals surface area contributed by atoms with Gasteiger partial charge in [-0.15, -0.1) is 10.2 Å². The van der Waals surface area contributed by atoms with Crippen LogP contribution in [-0.4, -0.2) is 16.1 Å². The number of hydrogen-bond acceptors (Lipinski definition) is 4. The van der Waals surface area contributed by atoms with Crippen molar-refractivity contribution < 1.29 is 22.4 Å². The molecule has 0 aliphatic carbocycles. The fraction of sp³-hybridized carbons (Fsp3) is 0.118. The summed E-state index contributed by atoms with van der Waals surface area (Å²) in [5.41, 5.74) is 0.366. The van der Waals surface area contributed by atoms with Crippen molar-refractivity contribution in [1.29, 1.82) is 0 Å². The molecule has 0 saturated heterocycles. The van der Waals surface area contributed by atoms with Crippen LogP contribution < -0.4 is 5.32 Å². The van der Waals surface area contributed by atoms with Gasteiger partial charge < -0.3 is 9.73 Å². The van der Waals surface area contributed by atoms with E-state index in [0.29, 0.717) is 17.0 Å². The van der Waals surface area contributed by atoms with Crippen molar-refractivity contribution in [2.75, 3.05) is 5.32 Å². The van der Waals surface area contributed by atoms with Gasteiger partial charge in [-0.05, 0) is 42.5 Å². The lowest BCUT2D eigenvalue weighted by molar-refractivity contribution is -0.137. The third-order valence-corrected chi connectivity index (χ3v) is 3.37. The molecule has 0 unspecified atom stereocenters. The summed E-state index contributed by atoms with van der Waals surface area (Å²) in [5.74, 6) is 0.217. The highest BCUT2D eigenvalue weighted by molar-refractivity contribution is 6.04. The first-order chi connectivity index (χ1) is 11.8. The topological polar surface area (TPSA) is 68.0 Å². The molecule has 3 rings (SSSR count). The molecule has 0 saturated carbocycles. The van der Waals surface area contributed by atoms with Gasteiger partial charge >= 0.3 is 6.18 Å². The summed E-state index contributed by atoms with van der Waals surface area (Å²) in [6, 6.07) is 10.7. The van der Waals surface area contributed by atoms with Gasteiger partial charge in [0, 0.05) is 23.7 Å². The second kappa shape index (κ2) is 6.39. The van der Waals surface area contributed by atoms with Crippen LogP contribution in [0.15, 0.2) is 52.9 Å². The van der Waals surface area contributed by atoms with Gasteiger partial charge in [0.15, 0.2) is 0 Å². The number of hydrogen-bond donors (Lipinski definition) is 1. The van der Waals surface area contributed by atoms with Crippen LogP contribution in [0.1, 0.15) is 21.8 Å². The van der Waals surface area contributed by atoms with Crippen molar-refractivity contribution in [1.82, 2.24) is 10.2 Å². The van der Waals surface area contributed by atoms with E-state index in [4.69, 9.17) is 4.42 Å². The Morgan fingerprint density at radius 1 is 1.08 bits per heavy atom. The number of anilines is 1. The minimum absolute atomic E-state index is 0.261. The minimum atomic E-state index is -4.42. The van der Waals surface area contributed by atoms with E-state index in [0.717, 1.165) is 12.1 Å². The van der Waals surface area contributed by atoms with Crippen molar-refractivity contribution in [3.63, 3.8) is 0 Å². The fourth-order valence-electron chi connectivity index (χ4n) is 2.15. The Balaban J connectivity index is 1.77. The zero-order valence-electron chi connectivity index (χ0n) is 13.0. The Kier molecular flexibility index (Phi) is 4.26. The molecule has 0 aliphatic heterocycles. The maximum Gasteiger partial charge on any atom is 0.416 e. The van der Waals surface area contributed by atoms with E-state index in [1.165, 1.54) is 12.1 Å². The highest BCUT2D eigenvalue weighted by atomic mass is 19.4. The van der Waals surface area contributed by atoms with Crippen LogP contribution in [0.2, 0.25) is 0 Å². The zero-order valence-corrected chi connectivity index (χ0v) is 13.0. The quantitative estimate of drug-likeness (QED) is 0.766. The number of halogens is 3. The van der Waals surface area contributed by atoms with E-state index >= 15 is 0 Å². The number of aryl methyl sites for hydroxylation is 1. The predicted octanol–water partition coefficient (Wildman–Crippen LogP) is 4.32. The summed E-state index contributed by atoms with van der Waals surface area (Å²) in [6.07, 6.45) is -4.42. The van der Waals surface area contributed by atoms with Crippen molar-refractivity contribution in [2.24, 2.45) is 0 Å². The molecule has 0 atom stereocenters. The number of nitrogens with zero attached hydrogens (tertiary/aromatic N) is 2. The molecular weight excluding hydrogens is 335 g/mol. The third-order valence-electron chi connectivity index (χ3n) is 3.37. The standard InChI is InChI=1S/C17H12F3N3O2/c1-10-22-23-16(25-10)12-4-2-3-11(9-12)15(24)21-14-7-5-13(6-8-14)17(18,19)20/h2-9H,1H3,(H,21,24). The molecule has 1 aromatic heterocycles. The first-order valence-electron chi connectivity index (χ1n) is 7.22. The van der Waals surface area contributed by atoms with Gasteiger partial charge in [-0.25, -0.2) is 0 Å². The van der Waals surface area contributed by atoms with Gasteiger partial charge in [0.2, 0.25) is 11.8 Å². The fourth-order valence-corrected chi connectivity index (χ4v) is 2.15. The van der Waals surface area contributed by atoms with Gasteiger partial charge in [0.05, 0.1) is 5.56 Å². The molecule has 25 heavy (non-hydrogen) atoms. The number of aromatic nitrogens is 2. The molecule has 8 heteroatoms. The van der Waals surface area contributed by atoms with E-state index in [1.807, 2.05) is 0 Å². The summed E-state index contributed by atoms with van der Waals surface area (Å²) in [5, 5.41) is 10.2. The Labute approximate surface area is 140 Å². The van der Waals surface area contributed by atoms with E-state index < -0.39 is 17.6 Å². The van der Waals surface area contributed by atoms with E-state index in [-0.39, 0.29) is 11.6 Å². The molecule has 128 valence electrons. The molecule has 0 fully saturated rings. The molecule has 0 radical (unpaired) electrons. The monoisotopic (exact) mass is 347 g/mol. The van der Waals surface area contributed by atoms with Crippen LogP contribution in [-0.2, 0) is 6.18 Å². The summed E-state index contributed by atoms with van der Waals surface area (Å²) < 4.78 is 42.9. The number of alkyl halides is 3. The van der Waals surface area contributed by atoms with E-state index in [9.17, 15) is 18.0 Å². The maximum absolute atomic E-state index is 12.5. The van der Waals surface area contributed by atoms with Crippen molar-refractivity contribution in [2.45, 2.75) is 13.1 Å². The predicted molar refractivity (Wildman–Crippen MR) is 83.9 cm³/mol. The second-order valence-corrected chi connectivity index (χ2v) is 5.24. The average Bonchev–Trinajstić information content (AvgIpc) is 3.01. The molecule has 0 aliphatic rings. The van der Waals surface area contributed by atoms with Gasteiger partial charge in [0.25, 0.3) is 5.91 Å². The molecule has 3 aromatic rings. The molecule has 5 nitrogen and oxygen atoms in total. The molecular formula is C17H12F3N3O2. The number of rotatable bonds is 3. The number of benzene rings is 2. The third kappa shape index (κ3) is 3.85. The highest BCUT2D eigenvalue weighted by Gasteiger charge is 2.30. The molecule has 0 spiro atoms. The van der Waals surface area contributed by atoms with Gasteiger partial charge in [-0.1, -0.05) is 6.07 Å². The summed E-state index contributed by atoms with van der Waals surface area (Å²) in [4.78, 5) is 12.3. The number of carbonyl (C=O) groups excluding carboxylic acids is 1. The van der Waals surface area contributed by atoms with Crippen LogP contribution >= 0.6 is 0 Å². The van der Waals surface area contributed by atoms with Crippen LogP contribution in [0, 0.1) is 6.92 Å². The maximum atomic E-state index is 12.5. The molecule has 2 aromatic carbocycles. The normalized spacial score (nSPS) is 11.4. The van der Waals surface area contributed by atoms with Crippen LogP contribution in [0.25, 0.3) is 11.5 Å². The lowest BCUT2D eigenvalue weighted by atomic mass is 10.1. The summed E-state index contributed by atoms with van der Waals surface area (Å²) >= 11 is 0. The van der Waals surface area contributed by atoms with Crippen molar-refractivity contribution in [3.05, 3.63) is 65.5 Å². The number of nitrogens with one attached hydrogen (secondary N) is 1. The molecule has 0 bridgehead atoms. The minimum Gasteiger partial charge on any atom is -0.421 e. The highest BCUT2D eigenvalue weighted by Crippen LogP contribution is 2.30. The molecule has 1 heterocycles. The smallest absolute Gasteiger partial charge is 0.416 e. The summed E-state index contributed by atoms with van der Waals surface area (Å²) in [7, 11) is 0. The first kappa shape index (κ1) is 16.7. The second-order valence-electron chi connectivity index (χ2n) is 5.24. The lowest BCUT2D eigenvalue weighted by Gasteiger charge is -2.09. The SMILES string of the molecule is Cc1nnc(-c2cccc(C(=O)Nc3ccc(C(F)(F)F)cc3)c2)o1. The van der Waals surface area contributed by atoms with Gasteiger partial charge in [-0.2, -0.15) is 13.2 Å². The number of carbonyl (C=O) groups is 1. The van der Waals surface area contributed by atoms with Crippen LogP contribution in [0.5, 0.6) is 0 Å². The molecule has 1 N–H and O–H groups in total. The number of amides is 1.